The summed E-state index contributed by atoms with van der Waals surface area (Å²) < 4.78 is 17.2. The van der Waals surface area contributed by atoms with Crippen LogP contribution in [0.5, 0.6) is 0 Å². The van der Waals surface area contributed by atoms with Gasteiger partial charge >= 0.3 is 5.69 Å². The molecule has 0 unspecified atom stereocenters. The summed E-state index contributed by atoms with van der Waals surface area (Å²) >= 11 is 0. The predicted octanol–water partition coefficient (Wildman–Crippen LogP) is 1.90. The van der Waals surface area contributed by atoms with Gasteiger partial charge in [0.05, 0.1) is 18.3 Å². The number of rotatable bonds is 7. The molecule has 0 aliphatic carbocycles. The van der Waals surface area contributed by atoms with Crippen molar-refractivity contribution in [1.29, 1.82) is 0 Å². The second-order valence-corrected chi connectivity index (χ2v) is 7.61. The number of halogens is 1. The third-order valence-corrected chi connectivity index (χ3v) is 4.70. The molecule has 0 saturated heterocycles. The lowest BCUT2D eigenvalue weighted by Gasteiger charge is -2.17. The number of nitrogen functional groups attached to an aromatic ring is 1. The first-order valence-corrected chi connectivity index (χ1v) is 9.92. The van der Waals surface area contributed by atoms with Gasteiger partial charge in [0.2, 0.25) is 0 Å². The van der Waals surface area contributed by atoms with E-state index in [9.17, 15) is 18.8 Å². The molecule has 0 aliphatic heterocycles. The fourth-order valence-electron chi connectivity index (χ4n) is 3.24. The molecule has 9 nitrogen and oxygen atoms in total. The van der Waals surface area contributed by atoms with Crippen LogP contribution in [-0.4, -0.2) is 24.8 Å². The summed E-state index contributed by atoms with van der Waals surface area (Å²) in [5, 5.41) is 6.64. The molecule has 0 aliphatic rings. The third kappa shape index (κ3) is 4.73. The minimum absolute atomic E-state index is 0.0453. The normalized spacial score (nSPS) is 11.1. The van der Waals surface area contributed by atoms with Crippen LogP contribution in [0.2, 0.25) is 0 Å². The van der Waals surface area contributed by atoms with Crippen LogP contribution in [0.1, 0.15) is 36.7 Å². The Morgan fingerprint density at radius 3 is 2.65 bits per heavy atom. The first-order chi connectivity index (χ1) is 14.7. The van der Waals surface area contributed by atoms with Crippen LogP contribution in [0.15, 0.2) is 46.2 Å². The van der Waals surface area contributed by atoms with E-state index in [1.54, 1.807) is 19.1 Å². The lowest BCUT2D eigenvalue weighted by atomic mass is 10.2. The number of carbonyl (C=O) groups excluding carboxylic acids is 1. The highest BCUT2D eigenvalue weighted by atomic mass is 19.1. The van der Waals surface area contributed by atoms with E-state index in [-0.39, 0.29) is 48.4 Å². The van der Waals surface area contributed by atoms with Gasteiger partial charge in [-0.1, -0.05) is 26.0 Å². The van der Waals surface area contributed by atoms with Crippen molar-refractivity contribution in [2.45, 2.75) is 40.4 Å². The van der Waals surface area contributed by atoms with Crippen LogP contribution in [0.4, 0.5) is 15.9 Å². The van der Waals surface area contributed by atoms with Gasteiger partial charge in [-0.2, -0.15) is 5.10 Å². The number of hydrogen-bond donors (Lipinski definition) is 2. The summed E-state index contributed by atoms with van der Waals surface area (Å²) in [4.78, 5) is 38.2. The van der Waals surface area contributed by atoms with Crippen molar-refractivity contribution >= 4 is 17.4 Å². The monoisotopic (exact) mass is 428 g/mol. The SMILES string of the molecule is CCn1c(N)c(NC(=O)c2cnn(Cc3cccc(F)c3)c2)c(=O)n(CC(C)C)c1=O. The van der Waals surface area contributed by atoms with E-state index in [0.717, 1.165) is 4.57 Å². The minimum Gasteiger partial charge on any atom is -0.383 e. The van der Waals surface area contributed by atoms with Gasteiger partial charge in [0.1, 0.15) is 17.3 Å². The van der Waals surface area contributed by atoms with Crippen molar-refractivity contribution < 1.29 is 9.18 Å². The highest BCUT2D eigenvalue weighted by Crippen LogP contribution is 2.14. The van der Waals surface area contributed by atoms with Gasteiger partial charge in [-0.05, 0) is 30.5 Å². The Morgan fingerprint density at radius 1 is 1.26 bits per heavy atom. The molecule has 2 heterocycles. The van der Waals surface area contributed by atoms with Crippen LogP contribution in [0, 0.1) is 11.7 Å². The predicted molar refractivity (Wildman–Crippen MR) is 116 cm³/mol. The summed E-state index contributed by atoms with van der Waals surface area (Å²) in [7, 11) is 0. The van der Waals surface area contributed by atoms with E-state index in [0.29, 0.717) is 5.56 Å². The Hall–Kier alpha value is -3.69. The van der Waals surface area contributed by atoms with Gasteiger partial charge in [0, 0.05) is 19.3 Å². The smallest absolute Gasteiger partial charge is 0.332 e. The van der Waals surface area contributed by atoms with Crippen LogP contribution in [0.3, 0.4) is 0 Å². The van der Waals surface area contributed by atoms with Crippen molar-refractivity contribution in [3.05, 3.63) is 74.4 Å². The minimum atomic E-state index is -0.651. The van der Waals surface area contributed by atoms with Crippen molar-refractivity contribution in [2.24, 2.45) is 5.92 Å². The molecule has 3 aromatic rings. The van der Waals surface area contributed by atoms with Crippen LogP contribution in [-0.2, 0) is 19.6 Å². The molecular formula is C21H25FN6O3. The number of aromatic nitrogens is 4. The van der Waals surface area contributed by atoms with E-state index in [2.05, 4.69) is 10.4 Å². The van der Waals surface area contributed by atoms with Crippen LogP contribution in [0.25, 0.3) is 0 Å². The summed E-state index contributed by atoms with van der Waals surface area (Å²) in [5.74, 6) is -1.00. The molecule has 0 saturated carbocycles. The van der Waals surface area contributed by atoms with E-state index in [1.807, 2.05) is 13.8 Å². The maximum Gasteiger partial charge on any atom is 0.332 e. The lowest BCUT2D eigenvalue weighted by molar-refractivity contribution is 0.102. The maximum absolute atomic E-state index is 13.4. The summed E-state index contributed by atoms with van der Waals surface area (Å²) in [6.45, 7) is 6.20. The standard InChI is InChI=1S/C21H25FN6O3/c1-4-27-18(23)17(20(30)28(21(27)31)10-13(2)3)25-19(29)15-9-24-26(12-15)11-14-6-5-7-16(22)8-14/h5-9,12-13H,4,10-11,23H2,1-3H3,(H,25,29). The van der Waals surface area contributed by atoms with Gasteiger partial charge in [0.25, 0.3) is 11.5 Å². The molecule has 0 spiro atoms. The Labute approximate surface area is 177 Å². The van der Waals surface area contributed by atoms with Crippen molar-refractivity contribution in [3.8, 4) is 0 Å². The Morgan fingerprint density at radius 2 is 2.00 bits per heavy atom. The van der Waals surface area contributed by atoms with E-state index in [4.69, 9.17) is 5.73 Å². The first kappa shape index (κ1) is 22.0. The Kier molecular flexibility index (Phi) is 6.38. The molecule has 164 valence electrons. The largest absolute Gasteiger partial charge is 0.383 e. The molecule has 3 N–H and O–H groups in total. The zero-order valence-electron chi connectivity index (χ0n) is 17.6. The van der Waals surface area contributed by atoms with E-state index >= 15 is 0 Å². The molecule has 31 heavy (non-hydrogen) atoms. The van der Waals surface area contributed by atoms with Crippen molar-refractivity contribution in [1.82, 2.24) is 18.9 Å². The number of hydrogen-bond acceptors (Lipinski definition) is 5. The lowest BCUT2D eigenvalue weighted by Crippen LogP contribution is -2.43. The van der Waals surface area contributed by atoms with Gasteiger partial charge < -0.3 is 11.1 Å². The van der Waals surface area contributed by atoms with Crippen molar-refractivity contribution in [2.75, 3.05) is 11.1 Å². The molecule has 2 aromatic heterocycles. The molecule has 0 bridgehead atoms. The summed E-state index contributed by atoms with van der Waals surface area (Å²) in [5.41, 5.74) is 5.59. The quantitative estimate of drug-likeness (QED) is 0.596. The molecule has 3 rings (SSSR count). The fraction of sp³-hybridized carbons (Fsp3) is 0.333. The summed E-state index contributed by atoms with van der Waals surface area (Å²) in [6, 6.07) is 6.07. The van der Waals surface area contributed by atoms with Gasteiger partial charge in [-0.15, -0.1) is 0 Å². The molecule has 0 atom stereocenters. The molecule has 0 fully saturated rings. The number of nitrogens with two attached hydrogens (primary N) is 1. The molecule has 1 aromatic carbocycles. The van der Waals surface area contributed by atoms with Crippen LogP contribution >= 0.6 is 0 Å². The molecule has 0 radical (unpaired) electrons. The number of benzene rings is 1. The maximum atomic E-state index is 13.4. The Bertz CT molecular complexity index is 1220. The van der Waals surface area contributed by atoms with Gasteiger partial charge in [-0.3, -0.25) is 23.4 Å². The Balaban J connectivity index is 1.89. The second kappa shape index (κ2) is 8.99. The van der Waals surface area contributed by atoms with Gasteiger partial charge in [0.15, 0.2) is 0 Å². The van der Waals surface area contributed by atoms with Gasteiger partial charge in [-0.25, -0.2) is 9.18 Å². The average molecular weight is 428 g/mol. The third-order valence-electron chi connectivity index (χ3n) is 4.70. The highest BCUT2D eigenvalue weighted by Gasteiger charge is 2.20. The number of anilines is 2. The van der Waals surface area contributed by atoms with Crippen LogP contribution < -0.4 is 22.3 Å². The zero-order chi connectivity index (χ0) is 22.7. The number of carbonyl (C=O) groups is 1. The second-order valence-electron chi connectivity index (χ2n) is 7.61. The first-order valence-electron chi connectivity index (χ1n) is 9.92. The van der Waals surface area contributed by atoms with Crippen molar-refractivity contribution in [3.63, 3.8) is 0 Å². The molecule has 1 amide bonds. The number of amides is 1. The topological polar surface area (TPSA) is 117 Å². The average Bonchev–Trinajstić information content (AvgIpc) is 3.17. The molecular weight excluding hydrogens is 403 g/mol. The van der Waals surface area contributed by atoms with E-state index < -0.39 is 17.2 Å². The summed E-state index contributed by atoms with van der Waals surface area (Å²) in [6.07, 6.45) is 2.83. The number of nitrogens with one attached hydrogen (secondary N) is 1. The fourth-order valence-corrected chi connectivity index (χ4v) is 3.24. The highest BCUT2D eigenvalue weighted by molar-refractivity contribution is 6.05. The zero-order valence-corrected chi connectivity index (χ0v) is 17.6. The van der Waals surface area contributed by atoms with E-state index in [1.165, 1.54) is 33.8 Å². The number of nitrogens with zero attached hydrogens (tertiary/aromatic N) is 4. The molecule has 10 heteroatoms.